The second-order valence-corrected chi connectivity index (χ2v) is 11.5. The van der Waals surface area contributed by atoms with Crippen LogP contribution in [0.3, 0.4) is 0 Å². The van der Waals surface area contributed by atoms with Crippen molar-refractivity contribution in [1.29, 1.82) is 0 Å². The molecule has 10 heteroatoms. The van der Waals surface area contributed by atoms with Crippen LogP contribution in [-0.2, 0) is 6.42 Å². The molecule has 36 heavy (non-hydrogen) atoms. The van der Waals surface area contributed by atoms with Gasteiger partial charge >= 0.3 is 5.30 Å². The molecule has 2 N–H and O–H groups in total. The van der Waals surface area contributed by atoms with E-state index in [1.165, 1.54) is 23.1 Å². The van der Waals surface area contributed by atoms with Crippen LogP contribution >= 0.6 is 46.5 Å². The Hall–Kier alpha value is -2.19. The Kier molecular flexibility index (Phi) is 11.5. The molecular weight excluding hydrogens is 536 g/mol. The van der Waals surface area contributed by atoms with Crippen LogP contribution in [0.4, 0.5) is 9.59 Å². The van der Waals surface area contributed by atoms with Gasteiger partial charge in [0.15, 0.2) is 0 Å². The lowest BCUT2D eigenvalue weighted by atomic mass is 10.0. The first-order valence-electron chi connectivity index (χ1n) is 11.3. The number of halogens is 1. The molecule has 2 aromatic rings. The monoisotopic (exact) mass is 562 g/mol. The second-order valence-electron chi connectivity index (χ2n) is 7.88. The van der Waals surface area contributed by atoms with E-state index >= 15 is 0 Å². The van der Waals surface area contributed by atoms with E-state index in [1.54, 1.807) is 17.2 Å². The fourth-order valence-electron chi connectivity index (χ4n) is 3.61. The Morgan fingerprint density at radius 3 is 2.86 bits per heavy atom. The van der Waals surface area contributed by atoms with Gasteiger partial charge in [-0.1, -0.05) is 66.1 Å². The summed E-state index contributed by atoms with van der Waals surface area (Å²) in [6, 6.07) is 9.68. The van der Waals surface area contributed by atoms with E-state index in [9.17, 15) is 14.7 Å². The van der Waals surface area contributed by atoms with E-state index in [4.69, 9.17) is 16.7 Å². The van der Waals surface area contributed by atoms with Gasteiger partial charge in [-0.25, -0.2) is 9.80 Å². The maximum atomic E-state index is 12.5. The van der Waals surface area contributed by atoms with Gasteiger partial charge in [-0.05, 0) is 65.1 Å². The van der Waals surface area contributed by atoms with Crippen LogP contribution in [0.2, 0.25) is 4.34 Å². The van der Waals surface area contributed by atoms with Crippen molar-refractivity contribution in [2.24, 2.45) is 0 Å². The molecule has 0 aliphatic carbocycles. The van der Waals surface area contributed by atoms with Gasteiger partial charge in [0.2, 0.25) is 0 Å². The highest BCUT2D eigenvalue weighted by atomic mass is 35.5. The van der Waals surface area contributed by atoms with Crippen molar-refractivity contribution < 1.29 is 19.8 Å². The number of hydrazine groups is 1. The zero-order valence-corrected chi connectivity index (χ0v) is 22.8. The lowest BCUT2D eigenvalue weighted by Gasteiger charge is -2.38. The van der Waals surface area contributed by atoms with E-state index in [0.29, 0.717) is 53.9 Å². The Morgan fingerprint density at radius 1 is 1.31 bits per heavy atom. The summed E-state index contributed by atoms with van der Waals surface area (Å²) in [5.41, 5.74) is 2.65. The summed E-state index contributed by atoms with van der Waals surface area (Å²) in [4.78, 5) is 24.2. The third kappa shape index (κ3) is 9.04. The summed E-state index contributed by atoms with van der Waals surface area (Å²) >= 11 is 9.54. The van der Waals surface area contributed by atoms with Crippen LogP contribution in [0.1, 0.15) is 29.5 Å². The van der Waals surface area contributed by atoms with Crippen molar-refractivity contribution >= 4 is 57.0 Å². The molecule has 1 fully saturated rings. The molecule has 1 atom stereocenters. The highest BCUT2D eigenvalue weighted by molar-refractivity contribution is 8.16. The van der Waals surface area contributed by atoms with Crippen molar-refractivity contribution in [3.8, 4) is 11.8 Å². The van der Waals surface area contributed by atoms with Gasteiger partial charge in [0.1, 0.15) is 4.34 Å². The molecule has 6 nitrogen and oxygen atoms in total. The van der Waals surface area contributed by atoms with Crippen LogP contribution in [0.25, 0.3) is 0 Å². The number of hydrogen-bond donors (Lipinski definition) is 2. The SMILES string of the molecule is C=C/C=C(/CCN1C(=O)SCCN1CCC(O)Cc1cccc(C#Cc2ccsc2Cl)c1)SC(=O)O. The van der Waals surface area contributed by atoms with Crippen molar-refractivity contribution in [3.63, 3.8) is 0 Å². The number of hydrogen-bond acceptors (Lipinski definition) is 7. The number of carbonyl (C=O) groups excluding carboxylic acids is 1. The Bertz CT molecular complexity index is 1170. The number of carboxylic acid groups (broad SMARTS) is 1. The fourth-order valence-corrected chi connectivity index (χ4v) is 5.86. The number of rotatable bonds is 10. The highest BCUT2D eigenvalue weighted by Crippen LogP contribution is 2.25. The lowest BCUT2D eigenvalue weighted by molar-refractivity contribution is 0.0150. The van der Waals surface area contributed by atoms with Crippen molar-refractivity contribution in [2.45, 2.75) is 25.4 Å². The largest absolute Gasteiger partial charge is 0.473 e. The van der Waals surface area contributed by atoms with Crippen molar-refractivity contribution in [3.05, 3.63) is 80.4 Å². The molecule has 0 saturated carbocycles. The number of allylic oxidation sites excluding steroid dienone is 2. The number of aliphatic hydroxyl groups is 1. The quantitative estimate of drug-likeness (QED) is 0.258. The topological polar surface area (TPSA) is 81.1 Å². The van der Waals surface area contributed by atoms with Gasteiger partial charge in [-0.2, -0.15) is 0 Å². The van der Waals surface area contributed by atoms with Gasteiger partial charge in [-0.3, -0.25) is 9.80 Å². The first-order chi connectivity index (χ1) is 17.4. The molecule has 190 valence electrons. The smallest absolute Gasteiger partial charge is 0.369 e. The average molecular weight is 563 g/mol. The summed E-state index contributed by atoms with van der Waals surface area (Å²) in [5.74, 6) is 6.89. The minimum absolute atomic E-state index is 0.0639. The molecule has 0 radical (unpaired) electrons. The van der Waals surface area contributed by atoms with Gasteiger partial charge in [0.25, 0.3) is 5.24 Å². The number of benzene rings is 1. The standard InChI is InChI=1S/C26H27ClN2O4S3/c1-2-4-23(36-26(32)33)10-13-29-25(31)35-16-14-28(29)12-9-22(30)18-20-6-3-5-19(17-20)7-8-21-11-15-34-24(21)27/h2-6,11,15,17,22,30H,1,9-10,12-14,16,18H2,(H,32,33)/b23-4-. The zero-order chi connectivity index (χ0) is 25.9. The van der Waals surface area contributed by atoms with Crippen LogP contribution in [0.15, 0.2) is 59.3 Å². The molecule has 1 amide bonds. The molecule has 0 spiro atoms. The summed E-state index contributed by atoms with van der Waals surface area (Å²) in [7, 11) is 0. The average Bonchev–Trinajstić information content (AvgIpc) is 3.25. The van der Waals surface area contributed by atoms with E-state index in [0.717, 1.165) is 28.5 Å². The first kappa shape index (κ1) is 28.4. The molecule has 2 heterocycles. The number of amides is 1. The molecule has 1 unspecified atom stereocenters. The van der Waals surface area contributed by atoms with Gasteiger partial charge < -0.3 is 10.2 Å². The highest BCUT2D eigenvalue weighted by Gasteiger charge is 2.27. The van der Waals surface area contributed by atoms with Gasteiger partial charge in [0, 0.05) is 31.0 Å². The number of thiophene rings is 1. The third-order valence-corrected chi connectivity index (χ3v) is 8.09. The van der Waals surface area contributed by atoms with Crippen LogP contribution in [0, 0.1) is 11.8 Å². The Morgan fingerprint density at radius 2 is 2.14 bits per heavy atom. The number of nitrogens with zero attached hydrogens (tertiary/aromatic N) is 2. The first-order valence-corrected chi connectivity index (χ1v) is 14.3. The Balaban J connectivity index is 1.55. The molecule has 1 aliphatic rings. The number of carbonyl (C=O) groups is 2. The van der Waals surface area contributed by atoms with Crippen molar-refractivity contribution in [1.82, 2.24) is 10.0 Å². The summed E-state index contributed by atoms with van der Waals surface area (Å²) in [6.07, 6.45) is 4.01. The van der Waals surface area contributed by atoms with E-state index in [1.807, 2.05) is 40.7 Å². The van der Waals surface area contributed by atoms with Gasteiger partial charge in [-0.15, -0.1) is 11.3 Å². The predicted molar refractivity (Wildman–Crippen MR) is 151 cm³/mol. The third-order valence-electron chi connectivity index (χ3n) is 5.30. The van der Waals surface area contributed by atoms with E-state index in [-0.39, 0.29) is 5.24 Å². The Labute approximate surface area is 229 Å². The van der Waals surface area contributed by atoms with Crippen molar-refractivity contribution in [2.75, 3.05) is 25.4 Å². The molecular formula is C26H27ClN2O4S3. The number of aliphatic hydroxyl groups excluding tert-OH is 1. The maximum absolute atomic E-state index is 12.5. The lowest BCUT2D eigenvalue weighted by Crippen LogP contribution is -2.50. The van der Waals surface area contributed by atoms with Crippen LogP contribution in [0.5, 0.6) is 0 Å². The zero-order valence-electron chi connectivity index (χ0n) is 19.6. The predicted octanol–water partition coefficient (Wildman–Crippen LogP) is 6.35. The summed E-state index contributed by atoms with van der Waals surface area (Å²) in [6.45, 7) is 5.21. The van der Waals surface area contributed by atoms with Crippen LogP contribution in [-0.4, -0.2) is 62.3 Å². The molecule has 1 saturated heterocycles. The molecule has 0 bridgehead atoms. The second kappa shape index (κ2) is 14.5. The molecule has 1 aromatic heterocycles. The molecule has 1 aromatic carbocycles. The summed E-state index contributed by atoms with van der Waals surface area (Å²) < 4.78 is 0.673. The molecule has 1 aliphatic heterocycles. The number of thioether (sulfide) groups is 2. The normalized spacial score (nSPS) is 15.3. The fraction of sp³-hybridized carbons (Fsp3) is 0.308. The maximum Gasteiger partial charge on any atom is 0.369 e. The van der Waals surface area contributed by atoms with E-state index < -0.39 is 11.4 Å². The minimum atomic E-state index is -0.993. The van der Waals surface area contributed by atoms with Gasteiger partial charge in [0.05, 0.1) is 11.7 Å². The summed E-state index contributed by atoms with van der Waals surface area (Å²) in [5, 5.41) is 24.2. The minimum Gasteiger partial charge on any atom is -0.473 e. The molecule has 3 rings (SSSR count). The van der Waals surface area contributed by atoms with E-state index in [2.05, 4.69) is 18.4 Å². The van der Waals surface area contributed by atoms with Crippen LogP contribution < -0.4 is 0 Å².